The molecule has 8 heteroatoms. The molecule has 0 spiro atoms. The lowest BCUT2D eigenvalue weighted by Crippen LogP contribution is -2.43. The average molecular weight is 329 g/mol. The summed E-state index contributed by atoms with van der Waals surface area (Å²) in [5.41, 5.74) is 5.90. The molecule has 1 fully saturated rings. The minimum Gasteiger partial charge on any atom is -0.382 e. The van der Waals surface area contributed by atoms with E-state index in [1.165, 1.54) is 11.3 Å². The number of amides is 1. The Morgan fingerprint density at radius 3 is 2.95 bits per heavy atom. The van der Waals surface area contributed by atoms with Crippen molar-refractivity contribution < 1.29 is 4.79 Å². The van der Waals surface area contributed by atoms with Crippen molar-refractivity contribution in [1.82, 2.24) is 15.6 Å². The normalized spacial score (nSPS) is 16.8. The molecule has 0 aliphatic carbocycles. The Morgan fingerprint density at radius 1 is 1.57 bits per heavy atom. The van der Waals surface area contributed by atoms with Crippen LogP contribution >= 0.6 is 23.1 Å². The summed E-state index contributed by atoms with van der Waals surface area (Å²) in [5.74, 6) is 0.226. The molecule has 1 unspecified atom stereocenters. The standard InChI is InChI=1S/C13H23N5OS2/c1-9(20-2)3-4-16-12(19)10-11(14)17-13(21-10)18-7-5-15-6-8-18/h9,15H,3-8,14H2,1-2H3,(H,16,19). The Hall–Kier alpha value is -0.990. The molecule has 4 N–H and O–H groups in total. The van der Waals surface area contributed by atoms with E-state index in [4.69, 9.17) is 5.73 Å². The molecule has 1 amide bonds. The molecule has 0 saturated carbocycles. The number of nitrogen functional groups attached to an aromatic ring is 1. The van der Waals surface area contributed by atoms with Crippen LogP contribution < -0.4 is 21.3 Å². The number of hydrogen-bond donors (Lipinski definition) is 3. The fourth-order valence-corrected chi connectivity index (χ4v) is 3.37. The van der Waals surface area contributed by atoms with Gasteiger partial charge in [-0.2, -0.15) is 11.8 Å². The van der Waals surface area contributed by atoms with Crippen LogP contribution in [0.2, 0.25) is 0 Å². The van der Waals surface area contributed by atoms with Crippen molar-refractivity contribution >= 4 is 40.0 Å². The fraction of sp³-hybridized carbons (Fsp3) is 0.692. The lowest BCUT2D eigenvalue weighted by molar-refractivity contribution is 0.0958. The van der Waals surface area contributed by atoms with Gasteiger partial charge in [-0.1, -0.05) is 18.3 Å². The van der Waals surface area contributed by atoms with Crippen molar-refractivity contribution in [2.45, 2.75) is 18.6 Å². The second-order valence-corrected chi connectivity index (χ2v) is 7.29. The van der Waals surface area contributed by atoms with Crippen LogP contribution in [0.1, 0.15) is 23.0 Å². The van der Waals surface area contributed by atoms with Gasteiger partial charge in [-0.3, -0.25) is 4.79 Å². The second-order valence-electron chi connectivity index (χ2n) is 5.04. The number of aromatic nitrogens is 1. The fourth-order valence-electron chi connectivity index (χ4n) is 2.06. The lowest BCUT2D eigenvalue weighted by atomic mass is 10.3. The van der Waals surface area contributed by atoms with Gasteiger partial charge < -0.3 is 21.3 Å². The molecule has 6 nitrogen and oxygen atoms in total. The average Bonchev–Trinajstić information content (AvgIpc) is 2.90. The molecular formula is C13H23N5OS2. The number of thioether (sulfide) groups is 1. The highest BCUT2D eigenvalue weighted by molar-refractivity contribution is 7.99. The summed E-state index contributed by atoms with van der Waals surface area (Å²) in [5, 5.41) is 7.61. The zero-order valence-corrected chi connectivity index (χ0v) is 14.1. The number of thiazole rings is 1. The van der Waals surface area contributed by atoms with Crippen LogP contribution in [0, 0.1) is 0 Å². The van der Waals surface area contributed by atoms with Gasteiger partial charge in [0.05, 0.1) is 0 Å². The molecule has 21 heavy (non-hydrogen) atoms. The second kappa shape index (κ2) is 7.86. The van der Waals surface area contributed by atoms with E-state index < -0.39 is 0 Å². The SMILES string of the molecule is CSC(C)CCNC(=O)c1sc(N2CCNCC2)nc1N. The zero-order valence-electron chi connectivity index (χ0n) is 12.5. The van der Waals surface area contributed by atoms with Gasteiger partial charge >= 0.3 is 0 Å². The third-order valence-electron chi connectivity index (χ3n) is 3.47. The maximum atomic E-state index is 12.2. The summed E-state index contributed by atoms with van der Waals surface area (Å²) in [6.45, 7) is 6.50. The highest BCUT2D eigenvalue weighted by Gasteiger charge is 2.20. The Balaban J connectivity index is 1.93. The number of carbonyl (C=O) groups excluding carboxylic acids is 1. The van der Waals surface area contributed by atoms with E-state index >= 15 is 0 Å². The van der Waals surface area contributed by atoms with Crippen LogP contribution in [0.4, 0.5) is 10.9 Å². The number of nitrogens with two attached hydrogens (primary N) is 1. The summed E-state index contributed by atoms with van der Waals surface area (Å²) >= 11 is 3.18. The number of hydrogen-bond acceptors (Lipinski definition) is 7. The van der Waals surface area contributed by atoms with Gasteiger partial charge in [0.2, 0.25) is 0 Å². The predicted octanol–water partition coefficient (Wildman–Crippen LogP) is 1.01. The Labute approximate surface area is 133 Å². The van der Waals surface area contributed by atoms with Gasteiger partial charge in [-0.05, 0) is 12.7 Å². The number of piperazine rings is 1. The van der Waals surface area contributed by atoms with Gasteiger partial charge in [0.15, 0.2) is 5.13 Å². The largest absolute Gasteiger partial charge is 0.382 e. The molecule has 2 rings (SSSR count). The molecule has 1 atom stereocenters. The molecule has 2 heterocycles. The summed E-state index contributed by atoms with van der Waals surface area (Å²) in [6, 6.07) is 0. The van der Waals surface area contributed by atoms with Crippen LogP contribution in [0.5, 0.6) is 0 Å². The molecule has 1 aliphatic rings. The number of nitrogens with zero attached hydrogens (tertiary/aromatic N) is 2. The van der Waals surface area contributed by atoms with E-state index in [1.807, 2.05) is 0 Å². The van der Waals surface area contributed by atoms with E-state index in [0.29, 0.717) is 22.5 Å². The monoisotopic (exact) mass is 329 g/mol. The van der Waals surface area contributed by atoms with Crippen LogP contribution in [0.15, 0.2) is 0 Å². The highest BCUT2D eigenvalue weighted by Crippen LogP contribution is 2.28. The number of nitrogens with one attached hydrogen (secondary N) is 2. The predicted molar refractivity (Wildman–Crippen MR) is 91.5 cm³/mol. The molecule has 0 radical (unpaired) electrons. The van der Waals surface area contributed by atoms with Gasteiger partial charge in [0.1, 0.15) is 10.7 Å². The summed E-state index contributed by atoms with van der Waals surface area (Å²) in [7, 11) is 0. The van der Waals surface area contributed by atoms with Crippen molar-refractivity contribution in [2.24, 2.45) is 0 Å². The van der Waals surface area contributed by atoms with Crippen molar-refractivity contribution in [3.63, 3.8) is 0 Å². The molecule has 1 aliphatic heterocycles. The van der Waals surface area contributed by atoms with Gasteiger partial charge in [-0.25, -0.2) is 4.98 Å². The first-order valence-electron chi connectivity index (χ1n) is 7.14. The topological polar surface area (TPSA) is 83.3 Å². The van der Waals surface area contributed by atoms with Crippen molar-refractivity contribution in [1.29, 1.82) is 0 Å². The van der Waals surface area contributed by atoms with E-state index in [2.05, 4.69) is 33.7 Å². The summed E-state index contributed by atoms with van der Waals surface area (Å²) in [4.78, 5) is 19.2. The van der Waals surface area contributed by atoms with Crippen molar-refractivity contribution in [3.05, 3.63) is 4.88 Å². The Kier molecular flexibility index (Phi) is 6.13. The molecule has 0 aromatic carbocycles. The minimum atomic E-state index is -0.111. The summed E-state index contributed by atoms with van der Waals surface area (Å²) in [6.07, 6.45) is 3.03. The van der Waals surface area contributed by atoms with Gasteiger partial charge in [0, 0.05) is 38.0 Å². The van der Waals surface area contributed by atoms with E-state index in [9.17, 15) is 4.79 Å². The van der Waals surface area contributed by atoms with Crippen molar-refractivity contribution in [3.8, 4) is 0 Å². The van der Waals surface area contributed by atoms with Crippen molar-refractivity contribution in [2.75, 3.05) is 49.6 Å². The van der Waals surface area contributed by atoms with Gasteiger partial charge in [0.25, 0.3) is 5.91 Å². The molecular weight excluding hydrogens is 306 g/mol. The third kappa shape index (κ3) is 4.49. The first-order chi connectivity index (χ1) is 10.1. The van der Waals surface area contributed by atoms with Crippen LogP contribution in [-0.2, 0) is 0 Å². The molecule has 1 saturated heterocycles. The molecule has 1 aromatic heterocycles. The zero-order chi connectivity index (χ0) is 15.2. The first-order valence-corrected chi connectivity index (χ1v) is 9.25. The van der Waals surface area contributed by atoms with E-state index in [-0.39, 0.29) is 5.91 Å². The van der Waals surface area contributed by atoms with Crippen LogP contribution in [0.25, 0.3) is 0 Å². The minimum absolute atomic E-state index is 0.111. The van der Waals surface area contributed by atoms with E-state index in [0.717, 1.165) is 37.7 Å². The smallest absolute Gasteiger partial charge is 0.265 e. The molecule has 0 bridgehead atoms. The highest BCUT2D eigenvalue weighted by atomic mass is 32.2. The lowest BCUT2D eigenvalue weighted by Gasteiger charge is -2.26. The Morgan fingerprint density at radius 2 is 2.29 bits per heavy atom. The molecule has 1 aromatic rings. The van der Waals surface area contributed by atoms with Crippen LogP contribution in [-0.4, -0.2) is 55.1 Å². The summed E-state index contributed by atoms with van der Waals surface area (Å²) < 4.78 is 0. The maximum Gasteiger partial charge on any atom is 0.265 e. The van der Waals surface area contributed by atoms with E-state index in [1.54, 1.807) is 11.8 Å². The number of rotatable bonds is 6. The van der Waals surface area contributed by atoms with Crippen LogP contribution in [0.3, 0.4) is 0 Å². The third-order valence-corrected chi connectivity index (χ3v) is 5.65. The quantitative estimate of drug-likeness (QED) is 0.722. The first kappa shape index (κ1) is 16.4. The maximum absolute atomic E-state index is 12.2. The Bertz CT molecular complexity index is 473. The molecule has 118 valence electrons. The number of carbonyl (C=O) groups is 1. The van der Waals surface area contributed by atoms with Gasteiger partial charge in [-0.15, -0.1) is 0 Å². The number of anilines is 2.